The van der Waals surface area contributed by atoms with E-state index in [2.05, 4.69) is 4.98 Å². The molecule has 0 aliphatic carbocycles. The summed E-state index contributed by atoms with van der Waals surface area (Å²) < 4.78 is 0. The summed E-state index contributed by atoms with van der Waals surface area (Å²) in [7, 11) is 0. The average Bonchev–Trinajstić information content (AvgIpc) is 2.88. The summed E-state index contributed by atoms with van der Waals surface area (Å²) in [6.45, 7) is 2.20. The molecule has 5 nitrogen and oxygen atoms in total. The van der Waals surface area contributed by atoms with Gasteiger partial charge in [-0.15, -0.1) is 0 Å². The van der Waals surface area contributed by atoms with E-state index in [1.165, 1.54) is 0 Å². The molecule has 0 unspecified atom stereocenters. The largest absolute Gasteiger partial charge is 0.392 e. The molecular formula is C13H17N3O2. The molecule has 0 bridgehead atoms. The number of aliphatic hydroxyl groups is 1. The molecule has 1 amide bonds. The van der Waals surface area contributed by atoms with Crippen LogP contribution in [0.25, 0.3) is 0 Å². The molecule has 96 valence electrons. The van der Waals surface area contributed by atoms with E-state index >= 15 is 0 Å². The van der Waals surface area contributed by atoms with Crippen molar-refractivity contribution in [3.63, 3.8) is 0 Å². The van der Waals surface area contributed by atoms with Crippen LogP contribution in [0.1, 0.15) is 18.4 Å². The molecule has 2 saturated heterocycles. The van der Waals surface area contributed by atoms with Crippen LogP contribution in [0.4, 0.5) is 5.82 Å². The van der Waals surface area contributed by atoms with Gasteiger partial charge in [-0.1, -0.05) is 6.07 Å². The number of amides is 1. The van der Waals surface area contributed by atoms with Crippen LogP contribution in [0.15, 0.2) is 18.3 Å². The van der Waals surface area contributed by atoms with Crippen molar-refractivity contribution in [2.45, 2.75) is 25.5 Å². The number of aliphatic hydroxyl groups excluding tert-OH is 1. The number of aromatic nitrogens is 1. The van der Waals surface area contributed by atoms with Crippen LogP contribution < -0.4 is 4.90 Å². The fourth-order valence-corrected chi connectivity index (χ4v) is 2.80. The Kier molecular flexibility index (Phi) is 2.91. The molecule has 2 aliphatic rings. The van der Waals surface area contributed by atoms with Crippen molar-refractivity contribution >= 4 is 11.7 Å². The van der Waals surface area contributed by atoms with Crippen LogP contribution in [-0.4, -0.2) is 46.6 Å². The van der Waals surface area contributed by atoms with Crippen molar-refractivity contribution in [2.75, 3.05) is 24.5 Å². The maximum atomic E-state index is 12.0. The molecule has 1 atom stereocenters. The Morgan fingerprint density at radius 3 is 3.06 bits per heavy atom. The van der Waals surface area contributed by atoms with Gasteiger partial charge >= 0.3 is 0 Å². The number of nitrogens with zero attached hydrogens (tertiary/aromatic N) is 3. The minimum Gasteiger partial charge on any atom is -0.392 e. The van der Waals surface area contributed by atoms with E-state index in [1.807, 2.05) is 21.9 Å². The van der Waals surface area contributed by atoms with Gasteiger partial charge in [0.05, 0.1) is 13.2 Å². The first-order valence-electron chi connectivity index (χ1n) is 6.38. The summed E-state index contributed by atoms with van der Waals surface area (Å²) in [5, 5.41) is 8.99. The maximum Gasteiger partial charge on any atom is 0.242 e. The van der Waals surface area contributed by atoms with E-state index < -0.39 is 0 Å². The van der Waals surface area contributed by atoms with Gasteiger partial charge in [-0.2, -0.15) is 0 Å². The first-order chi connectivity index (χ1) is 8.78. The highest BCUT2D eigenvalue weighted by atomic mass is 16.3. The van der Waals surface area contributed by atoms with Gasteiger partial charge in [0.25, 0.3) is 0 Å². The Labute approximate surface area is 106 Å². The SMILES string of the molecule is O=C1CN(c2ccc(CO)cn2)C[C@@H]2CCCN12. The lowest BCUT2D eigenvalue weighted by Gasteiger charge is -2.37. The summed E-state index contributed by atoms with van der Waals surface area (Å²) in [4.78, 5) is 20.4. The summed E-state index contributed by atoms with van der Waals surface area (Å²) in [6.07, 6.45) is 3.87. The van der Waals surface area contributed by atoms with Gasteiger partial charge in [0.1, 0.15) is 5.82 Å². The van der Waals surface area contributed by atoms with E-state index in [9.17, 15) is 4.79 Å². The Morgan fingerprint density at radius 1 is 1.44 bits per heavy atom. The summed E-state index contributed by atoms with van der Waals surface area (Å²) in [5.74, 6) is 1.03. The van der Waals surface area contributed by atoms with Crippen LogP contribution in [0.5, 0.6) is 0 Å². The van der Waals surface area contributed by atoms with E-state index in [0.717, 1.165) is 37.3 Å². The van der Waals surface area contributed by atoms with Crippen molar-refractivity contribution in [3.8, 4) is 0 Å². The summed E-state index contributed by atoms with van der Waals surface area (Å²) in [6, 6.07) is 4.09. The second-order valence-corrected chi connectivity index (χ2v) is 4.95. The zero-order chi connectivity index (χ0) is 12.5. The minimum absolute atomic E-state index is 0.00259. The highest BCUT2D eigenvalue weighted by molar-refractivity contribution is 5.83. The van der Waals surface area contributed by atoms with Crippen molar-refractivity contribution in [1.29, 1.82) is 0 Å². The topological polar surface area (TPSA) is 56.7 Å². The Bertz CT molecular complexity index is 446. The number of rotatable bonds is 2. The molecular weight excluding hydrogens is 230 g/mol. The smallest absolute Gasteiger partial charge is 0.242 e. The van der Waals surface area contributed by atoms with Gasteiger partial charge in [-0.25, -0.2) is 4.98 Å². The summed E-state index contributed by atoms with van der Waals surface area (Å²) >= 11 is 0. The van der Waals surface area contributed by atoms with Crippen molar-refractivity contribution in [2.24, 2.45) is 0 Å². The number of carbonyl (C=O) groups is 1. The highest BCUT2D eigenvalue weighted by Crippen LogP contribution is 2.25. The van der Waals surface area contributed by atoms with Crippen LogP contribution in [-0.2, 0) is 11.4 Å². The summed E-state index contributed by atoms with van der Waals surface area (Å²) in [5.41, 5.74) is 0.796. The Morgan fingerprint density at radius 2 is 2.33 bits per heavy atom. The lowest BCUT2D eigenvalue weighted by molar-refractivity contribution is -0.131. The van der Waals surface area contributed by atoms with E-state index in [0.29, 0.717) is 12.6 Å². The molecule has 3 heterocycles. The zero-order valence-corrected chi connectivity index (χ0v) is 10.2. The fraction of sp³-hybridized carbons (Fsp3) is 0.538. The molecule has 1 N–H and O–H groups in total. The molecule has 5 heteroatoms. The second kappa shape index (κ2) is 4.57. The molecule has 3 rings (SSSR count). The molecule has 1 aromatic rings. The predicted octanol–water partition coefficient (Wildman–Crippen LogP) is 0.385. The average molecular weight is 247 g/mol. The lowest BCUT2D eigenvalue weighted by atomic mass is 10.1. The molecule has 0 radical (unpaired) electrons. The number of pyridine rings is 1. The second-order valence-electron chi connectivity index (χ2n) is 4.95. The van der Waals surface area contributed by atoms with Gasteiger partial charge in [0, 0.05) is 25.3 Å². The van der Waals surface area contributed by atoms with Crippen LogP contribution in [0.3, 0.4) is 0 Å². The van der Waals surface area contributed by atoms with E-state index in [1.54, 1.807) is 6.20 Å². The molecule has 0 saturated carbocycles. The van der Waals surface area contributed by atoms with Crippen LogP contribution >= 0.6 is 0 Å². The quantitative estimate of drug-likeness (QED) is 0.821. The number of anilines is 1. The lowest BCUT2D eigenvalue weighted by Crippen LogP contribution is -2.54. The number of fused-ring (bicyclic) bond motifs is 1. The third-order valence-corrected chi connectivity index (χ3v) is 3.77. The number of carbonyl (C=O) groups excluding carboxylic acids is 1. The highest BCUT2D eigenvalue weighted by Gasteiger charge is 2.35. The van der Waals surface area contributed by atoms with Crippen molar-refractivity contribution in [3.05, 3.63) is 23.9 Å². The van der Waals surface area contributed by atoms with E-state index in [-0.39, 0.29) is 12.5 Å². The number of piperazine rings is 1. The monoisotopic (exact) mass is 247 g/mol. The van der Waals surface area contributed by atoms with Crippen molar-refractivity contribution in [1.82, 2.24) is 9.88 Å². The standard InChI is InChI=1S/C13H17N3O2/c17-9-10-3-4-12(14-6-10)15-7-11-2-1-5-16(11)13(18)8-15/h3-4,6,11,17H,1-2,5,7-9H2/t11-/m0/s1. The molecule has 18 heavy (non-hydrogen) atoms. The molecule has 2 fully saturated rings. The molecule has 0 spiro atoms. The maximum absolute atomic E-state index is 12.0. The predicted molar refractivity (Wildman–Crippen MR) is 67.1 cm³/mol. The molecule has 1 aromatic heterocycles. The minimum atomic E-state index is 0.00259. The van der Waals surface area contributed by atoms with Gasteiger partial charge < -0.3 is 14.9 Å². The van der Waals surface area contributed by atoms with Gasteiger partial charge in [-0.3, -0.25) is 4.79 Å². The van der Waals surface area contributed by atoms with Crippen molar-refractivity contribution < 1.29 is 9.90 Å². The molecule has 2 aliphatic heterocycles. The number of hydrogen-bond acceptors (Lipinski definition) is 4. The normalized spacial score (nSPS) is 23.4. The third kappa shape index (κ3) is 1.95. The fourth-order valence-electron chi connectivity index (χ4n) is 2.80. The first kappa shape index (κ1) is 11.5. The number of hydrogen-bond donors (Lipinski definition) is 1. The van der Waals surface area contributed by atoms with Gasteiger partial charge in [-0.05, 0) is 24.5 Å². The van der Waals surface area contributed by atoms with Crippen LogP contribution in [0.2, 0.25) is 0 Å². The van der Waals surface area contributed by atoms with Gasteiger partial charge in [0.15, 0.2) is 0 Å². The Hall–Kier alpha value is -1.62. The van der Waals surface area contributed by atoms with Gasteiger partial charge in [0.2, 0.25) is 5.91 Å². The first-order valence-corrected chi connectivity index (χ1v) is 6.38. The molecule has 0 aromatic carbocycles. The zero-order valence-electron chi connectivity index (χ0n) is 10.2. The Balaban J connectivity index is 1.77. The van der Waals surface area contributed by atoms with E-state index in [4.69, 9.17) is 5.11 Å². The van der Waals surface area contributed by atoms with Crippen LogP contribution in [0, 0.1) is 0 Å². The third-order valence-electron chi connectivity index (χ3n) is 3.77.